The summed E-state index contributed by atoms with van der Waals surface area (Å²) in [5, 5.41) is 17.9. The molecule has 0 unspecified atom stereocenters. The van der Waals surface area contributed by atoms with E-state index in [0.29, 0.717) is 12.0 Å². The van der Waals surface area contributed by atoms with Gasteiger partial charge in [0.05, 0.1) is 12.9 Å². The molecule has 0 radical (unpaired) electrons. The van der Waals surface area contributed by atoms with Crippen LogP contribution in [-0.4, -0.2) is 26.7 Å². The van der Waals surface area contributed by atoms with Crippen LogP contribution < -0.4 is 11.0 Å². The zero-order valence-corrected chi connectivity index (χ0v) is 9.02. The lowest BCUT2D eigenvalue weighted by Crippen LogP contribution is -2.29. The third kappa shape index (κ3) is 2.80. The van der Waals surface area contributed by atoms with Gasteiger partial charge in [0, 0.05) is 12.3 Å². The van der Waals surface area contributed by atoms with E-state index in [1.807, 2.05) is 0 Å². The van der Waals surface area contributed by atoms with Crippen LogP contribution in [0.2, 0.25) is 0 Å². The average Bonchev–Trinajstić information content (AvgIpc) is 2.33. The van der Waals surface area contributed by atoms with Crippen LogP contribution in [0.15, 0.2) is 47.7 Å². The first-order valence-electron chi connectivity index (χ1n) is 5.12. The van der Waals surface area contributed by atoms with Crippen molar-refractivity contribution in [3.05, 3.63) is 58.8 Å². The van der Waals surface area contributed by atoms with Gasteiger partial charge in [-0.3, -0.25) is 9.36 Å². The predicted molar refractivity (Wildman–Crippen MR) is 63.9 cm³/mol. The molecule has 2 aromatic rings. The SMILES string of the molecule is O=c1ccncn1Cc1ccc(B(O)O)cc1. The molecule has 0 bridgehead atoms. The predicted octanol–water partition coefficient (Wildman–Crippen LogP) is -1.03. The van der Waals surface area contributed by atoms with E-state index in [-0.39, 0.29) is 5.56 Å². The topological polar surface area (TPSA) is 75.4 Å². The maximum absolute atomic E-state index is 11.4. The molecule has 0 saturated heterocycles. The van der Waals surface area contributed by atoms with Gasteiger partial charge in [-0.15, -0.1) is 0 Å². The van der Waals surface area contributed by atoms with Crippen molar-refractivity contribution in [2.24, 2.45) is 0 Å². The monoisotopic (exact) mass is 230 g/mol. The van der Waals surface area contributed by atoms with Crippen molar-refractivity contribution in [2.75, 3.05) is 0 Å². The van der Waals surface area contributed by atoms with Crippen molar-refractivity contribution in [1.82, 2.24) is 9.55 Å². The maximum atomic E-state index is 11.4. The zero-order valence-electron chi connectivity index (χ0n) is 9.02. The van der Waals surface area contributed by atoms with Crippen molar-refractivity contribution in [3.8, 4) is 0 Å². The van der Waals surface area contributed by atoms with E-state index in [1.54, 1.807) is 24.3 Å². The van der Waals surface area contributed by atoms with Crippen molar-refractivity contribution in [3.63, 3.8) is 0 Å². The first-order valence-corrected chi connectivity index (χ1v) is 5.12. The minimum Gasteiger partial charge on any atom is -0.423 e. The van der Waals surface area contributed by atoms with E-state index in [4.69, 9.17) is 10.0 Å². The Balaban J connectivity index is 2.20. The second-order valence-corrected chi connectivity index (χ2v) is 3.66. The molecule has 0 aliphatic rings. The van der Waals surface area contributed by atoms with Gasteiger partial charge in [0.2, 0.25) is 0 Å². The summed E-state index contributed by atoms with van der Waals surface area (Å²) in [5.74, 6) is 0. The highest BCUT2D eigenvalue weighted by molar-refractivity contribution is 6.58. The summed E-state index contributed by atoms with van der Waals surface area (Å²) < 4.78 is 1.48. The Morgan fingerprint density at radius 2 is 1.88 bits per heavy atom. The molecule has 0 aliphatic carbocycles. The first kappa shape index (κ1) is 11.6. The summed E-state index contributed by atoms with van der Waals surface area (Å²) >= 11 is 0. The van der Waals surface area contributed by atoms with Crippen molar-refractivity contribution in [2.45, 2.75) is 6.54 Å². The van der Waals surface area contributed by atoms with Gasteiger partial charge >= 0.3 is 7.12 Å². The van der Waals surface area contributed by atoms with Crippen LogP contribution in [0.5, 0.6) is 0 Å². The third-order valence-corrected chi connectivity index (χ3v) is 2.42. The number of aromatic nitrogens is 2. The Morgan fingerprint density at radius 3 is 2.47 bits per heavy atom. The fourth-order valence-electron chi connectivity index (χ4n) is 1.49. The van der Waals surface area contributed by atoms with Gasteiger partial charge in [-0.2, -0.15) is 0 Å². The lowest BCUT2D eigenvalue weighted by molar-refractivity contribution is 0.426. The Labute approximate surface area is 98.1 Å². The Hall–Kier alpha value is -1.92. The standard InChI is InChI=1S/C11H11BN2O3/c15-11-5-6-13-8-14(11)7-9-1-3-10(4-2-9)12(16)17/h1-6,8,16-17H,7H2. The van der Waals surface area contributed by atoms with E-state index in [9.17, 15) is 4.79 Å². The van der Waals surface area contributed by atoms with Gasteiger partial charge < -0.3 is 10.0 Å². The summed E-state index contributed by atoms with van der Waals surface area (Å²) in [4.78, 5) is 15.3. The number of hydrogen-bond donors (Lipinski definition) is 2. The van der Waals surface area contributed by atoms with Crippen LogP contribution in [0.25, 0.3) is 0 Å². The average molecular weight is 230 g/mol. The third-order valence-electron chi connectivity index (χ3n) is 2.42. The second kappa shape index (κ2) is 4.94. The molecular weight excluding hydrogens is 219 g/mol. The number of rotatable bonds is 3. The lowest BCUT2D eigenvalue weighted by Gasteiger charge is -2.05. The maximum Gasteiger partial charge on any atom is 0.488 e. The minimum atomic E-state index is -1.47. The first-order chi connectivity index (χ1) is 8.16. The Kier molecular flexibility index (Phi) is 3.36. The van der Waals surface area contributed by atoms with Crippen LogP contribution in [0.3, 0.4) is 0 Å². The summed E-state index contributed by atoms with van der Waals surface area (Å²) in [6.45, 7) is 0.411. The Bertz CT molecular complexity index is 551. The van der Waals surface area contributed by atoms with Crippen molar-refractivity contribution in [1.29, 1.82) is 0 Å². The molecule has 5 nitrogen and oxygen atoms in total. The minimum absolute atomic E-state index is 0.119. The highest BCUT2D eigenvalue weighted by atomic mass is 16.4. The van der Waals surface area contributed by atoms with Crippen LogP contribution in [0.1, 0.15) is 5.56 Å². The Morgan fingerprint density at radius 1 is 1.18 bits per heavy atom. The van der Waals surface area contributed by atoms with Gasteiger partial charge in [-0.1, -0.05) is 24.3 Å². The van der Waals surface area contributed by atoms with Gasteiger partial charge in [0.1, 0.15) is 0 Å². The smallest absolute Gasteiger partial charge is 0.423 e. The van der Waals surface area contributed by atoms with Crippen LogP contribution in [-0.2, 0) is 6.54 Å². The van der Waals surface area contributed by atoms with E-state index < -0.39 is 7.12 Å². The van der Waals surface area contributed by atoms with E-state index in [2.05, 4.69) is 4.98 Å². The molecule has 2 N–H and O–H groups in total. The summed E-state index contributed by atoms with van der Waals surface area (Å²) in [6, 6.07) is 8.11. The van der Waals surface area contributed by atoms with E-state index in [1.165, 1.54) is 23.2 Å². The molecule has 0 saturated carbocycles. The zero-order chi connectivity index (χ0) is 12.3. The molecule has 17 heavy (non-hydrogen) atoms. The van der Waals surface area contributed by atoms with Crippen LogP contribution in [0, 0.1) is 0 Å². The normalized spacial score (nSPS) is 10.2. The number of benzene rings is 1. The van der Waals surface area contributed by atoms with E-state index in [0.717, 1.165) is 5.56 Å². The highest BCUT2D eigenvalue weighted by Gasteiger charge is 2.09. The molecule has 1 heterocycles. The fraction of sp³-hybridized carbons (Fsp3) is 0.0909. The summed E-state index contributed by atoms with van der Waals surface area (Å²) in [6.07, 6.45) is 2.92. The number of hydrogen-bond acceptors (Lipinski definition) is 4. The van der Waals surface area contributed by atoms with E-state index >= 15 is 0 Å². The molecule has 6 heteroatoms. The second-order valence-electron chi connectivity index (χ2n) is 3.66. The molecule has 1 aromatic heterocycles. The van der Waals surface area contributed by atoms with Crippen LogP contribution >= 0.6 is 0 Å². The van der Waals surface area contributed by atoms with Gasteiger partial charge in [-0.05, 0) is 11.0 Å². The fourth-order valence-corrected chi connectivity index (χ4v) is 1.49. The molecule has 0 atom stereocenters. The molecule has 2 rings (SSSR count). The largest absolute Gasteiger partial charge is 0.488 e. The molecule has 0 aliphatic heterocycles. The molecule has 1 aromatic carbocycles. The van der Waals surface area contributed by atoms with Crippen molar-refractivity contribution < 1.29 is 10.0 Å². The summed E-state index contributed by atoms with van der Waals surface area (Å²) in [5.41, 5.74) is 1.20. The lowest BCUT2D eigenvalue weighted by atomic mass is 9.80. The molecule has 86 valence electrons. The van der Waals surface area contributed by atoms with Crippen molar-refractivity contribution >= 4 is 12.6 Å². The summed E-state index contributed by atoms with van der Waals surface area (Å²) in [7, 11) is -1.47. The van der Waals surface area contributed by atoms with Gasteiger partial charge in [0.25, 0.3) is 5.56 Å². The van der Waals surface area contributed by atoms with Gasteiger partial charge in [-0.25, -0.2) is 4.98 Å². The highest BCUT2D eigenvalue weighted by Crippen LogP contribution is 1.99. The van der Waals surface area contributed by atoms with Crippen LogP contribution in [0.4, 0.5) is 0 Å². The molecule has 0 fully saturated rings. The molecule has 0 spiro atoms. The number of nitrogens with zero attached hydrogens (tertiary/aromatic N) is 2. The molecule has 0 amide bonds. The van der Waals surface area contributed by atoms with Gasteiger partial charge in [0.15, 0.2) is 0 Å². The molecular formula is C11H11BN2O3. The quantitative estimate of drug-likeness (QED) is 0.661.